The minimum Gasteiger partial charge on any atom is -0.490 e. The second-order valence-corrected chi connectivity index (χ2v) is 4.48. The zero-order valence-electron chi connectivity index (χ0n) is 10.6. The van der Waals surface area contributed by atoms with Crippen molar-refractivity contribution in [2.45, 2.75) is 18.8 Å². The number of benzene rings is 1. The van der Waals surface area contributed by atoms with E-state index >= 15 is 0 Å². The highest BCUT2D eigenvalue weighted by molar-refractivity contribution is 5.84. The summed E-state index contributed by atoms with van der Waals surface area (Å²) in [5.74, 6) is -0.476. The molecule has 0 bridgehead atoms. The Balaban J connectivity index is 1.66. The van der Waals surface area contributed by atoms with Crippen molar-refractivity contribution in [3.05, 3.63) is 48.4 Å². The molecule has 20 heavy (non-hydrogen) atoms. The van der Waals surface area contributed by atoms with Crippen molar-refractivity contribution in [3.63, 3.8) is 0 Å². The molecule has 1 fully saturated rings. The number of carbonyl (C=O) groups is 2. The van der Waals surface area contributed by atoms with Crippen LogP contribution in [0.25, 0.3) is 0 Å². The Morgan fingerprint density at radius 2 is 2.15 bits per heavy atom. The molecule has 0 aromatic heterocycles. The molecule has 0 unspecified atom stereocenters. The van der Waals surface area contributed by atoms with Gasteiger partial charge in [0.2, 0.25) is 0 Å². The first kappa shape index (κ1) is 12.5. The predicted molar refractivity (Wildman–Crippen MR) is 67.2 cm³/mol. The van der Waals surface area contributed by atoms with Gasteiger partial charge in [0.1, 0.15) is 19.5 Å². The van der Waals surface area contributed by atoms with Crippen molar-refractivity contribution in [2.24, 2.45) is 0 Å². The van der Waals surface area contributed by atoms with Gasteiger partial charge < -0.3 is 14.2 Å². The van der Waals surface area contributed by atoms with E-state index < -0.39 is 24.2 Å². The molecule has 0 N–H and O–H groups in total. The van der Waals surface area contributed by atoms with Gasteiger partial charge in [-0.1, -0.05) is 30.3 Å². The fraction of sp³-hybridized carbons (Fsp3) is 0.286. The van der Waals surface area contributed by atoms with Crippen molar-refractivity contribution in [1.82, 2.24) is 4.90 Å². The maximum atomic E-state index is 12.0. The largest absolute Gasteiger partial charge is 0.490 e. The third-order valence-electron chi connectivity index (χ3n) is 3.17. The number of hydrogen-bond donors (Lipinski definition) is 0. The van der Waals surface area contributed by atoms with Crippen LogP contribution in [0.3, 0.4) is 0 Å². The van der Waals surface area contributed by atoms with Crippen molar-refractivity contribution < 1.29 is 23.8 Å². The number of cyclic esters (lactones) is 1. The first-order chi connectivity index (χ1) is 9.75. The predicted octanol–water partition coefficient (Wildman–Crippen LogP) is 1.42. The van der Waals surface area contributed by atoms with Crippen molar-refractivity contribution >= 4 is 12.1 Å². The summed E-state index contributed by atoms with van der Waals surface area (Å²) in [7, 11) is 0. The highest BCUT2D eigenvalue weighted by atomic mass is 16.6. The Labute approximate surface area is 115 Å². The minimum absolute atomic E-state index is 0.149. The molecule has 104 valence electrons. The third kappa shape index (κ3) is 2.32. The molecule has 6 nitrogen and oxygen atoms in total. The van der Waals surface area contributed by atoms with E-state index in [1.807, 2.05) is 30.3 Å². The minimum atomic E-state index is -0.761. The van der Waals surface area contributed by atoms with Crippen LogP contribution in [0, 0.1) is 0 Å². The summed E-state index contributed by atoms with van der Waals surface area (Å²) in [6, 6.07) is 8.56. The van der Waals surface area contributed by atoms with Crippen LogP contribution in [0.1, 0.15) is 5.56 Å². The molecule has 0 saturated carbocycles. The van der Waals surface area contributed by atoms with Gasteiger partial charge in [-0.25, -0.2) is 9.59 Å². The molecule has 6 heteroatoms. The normalized spacial score (nSPS) is 23.8. The standard InChI is InChI=1S/C14H13NO5/c16-13-12-11(9-19-13)18-7-6-15(12)14(17)20-8-10-4-2-1-3-5-10/h1-7,11-12H,8-9H2/t11-,12-/m1/s1. The molecule has 0 aliphatic carbocycles. The first-order valence-corrected chi connectivity index (χ1v) is 6.23. The quantitative estimate of drug-likeness (QED) is 0.764. The van der Waals surface area contributed by atoms with E-state index in [0.29, 0.717) is 0 Å². The average Bonchev–Trinajstić information content (AvgIpc) is 2.87. The van der Waals surface area contributed by atoms with Gasteiger partial charge in [0.15, 0.2) is 12.1 Å². The molecule has 2 aliphatic rings. The molecule has 1 aromatic carbocycles. The summed E-state index contributed by atoms with van der Waals surface area (Å²) < 4.78 is 15.3. The Hall–Kier alpha value is -2.50. The van der Waals surface area contributed by atoms with Gasteiger partial charge in [0.05, 0.1) is 0 Å². The molecule has 2 heterocycles. The third-order valence-corrected chi connectivity index (χ3v) is 3.17. The number of hydrogen-bond acceptors (Lipinski definition) is 5. The van der Waals surface area contributed by atoms with Gasteiger partial charge in [-0.15, -0.1) is 0 Å². The molecule has 2 atom stereocenters. The number of esters is 1. The van der Waals surface area contributed by atoms with E-state index in [1.54, 1.807) is 0 Å². The van der Waals surface area contributed by atoms with Crippen LogP contribution < -0.4 is 0 Å². The molecular weight excluding hydrogens is 262 g/mol. The Morgan fingerprint density at radius 3 is 2.95 bits per heavy atom. The van der Waals surface area contributed by atoms with E-state index in [1.165, 1.54) is 17.4 Å². The second-order valence-electron chi connectivity index (χ2n) is 4.48. The highest BCUT2D eigenvalue weighted by Gasteiger charge is 2.46. The average molecular weight is 275 g/mol. The number of amides is 1. The van der Waals surface area contributed by atoms with E-state index in [-0.39, 0.29) is 13.2 Å². The molecule has 2 aliphatic heterocycles. The van der Waals surface area contributed by atoms with Crippen LogP contribution in [0.2, 0.25) is 0 Å². The molecular formula is C14H13NO5. The van der Waals surface area contributed by atoms with Crippen LogP contribution in [-0.4, -0.2) is 35.7 Å². The maximum absolute atomic E-state index is 12.0. The maximum Gasteiger partial charge on any atom is 0.415 e. The zero-order valence-corrected chi connectivity index (χ0v) is 10.6. The van der Waals surface area contributed by atoms with Crippen LogP contribution in [0.4, 0.5) is 4.79 Å². The van der Waals surface area contributed by atoms with Crippen molar-refractivity contribution in [1.29, 1.82) is 0 Å². The van der Waals surface area contributed by atoms with Gasteiger partial charge >= 0.3 is 12.1 Å². The van der Waals surface area contributed by atoms with Crippen LogP contribution in [0.5, 0.6) is 0 Å². The van der Waals surface area contributed by atoms with E-state index in [4.69, 9.17) is 14.2 Å². The molecule has 0 spiro atoms. The lowest BCUT2D eigenvalue weighted by Gasteiger charge is -2.28. The summed E-state index contributed by atoms with van der Waals surface area (Å²) in [6.07, 6.45) is 1.70. The van der Waals surface area contributed by atoms with E-state index in [0.717, 1.165) is 5.56 Å². The topological polar surface area (TPSA) is 65.1 Å². The molecule has 3 rings (SSSR count). The second kappa shape index (κ2) is 5.24. The Bertz CT molecular complexity index is 542. The van der Waals surface area contributed by atoms with Gasteiger partial charge in [-0.2, -0.15) is 0 Å². The van der Waals surface area contributed by atoms with E-state index in [2.05, 4.69) is 0 Å². The van der Waals surface area contributed by atoms with Gasteiger partial charge in [-0.05, 0) is 5.56 Å². The van der Waals surface area contributed by atoms with Crippen LogP contribution >= 0.6 is 0 Å². The van der Waals surface area contributed by atoms with Gasteiger partial charge in [-0.3, -0.25) is 4.90 Å². The monoisotopic (exact) mass is 275 g/mol. The van der Waals surface area contributed by atoms with Crippen molar-refractivity contribution in [3.8, 4) is 0 Å². The smallest absolute Gasteiger partial charge is 0.415 e. The number of ether oxygens (including phenoxy) is 3. The number of rotatable bonds is 2. The SMILES string of the molecule is O=C1OC[C@H]2OC=CN(C(=O)OCc3ccccc3)[C@@H]12. The molecule has 1 amide bonds. The van der Waals surface area contributed by atoms with E-state index in [9.17, 15) is 9.59 Å². The van der Waals surface area contributed by atoms with Crippen LogP contribution in [-0.2, 0) is 25.6 Å². The van der Waals surface area contributed by atoms with Gasteiger partial charge in [0, 0.05) is 6.20 Å². The number of fused-ring (bicyclic) bond motifs is 1. The summed E-state index contributed by atoms with van der Waals surface area (Å²) in [6.45, 7) is 0.299. The zero-order chi connectivity index (χ0) is 13.9. The Kier molecular flexibility index (Phi) is 3.28. The Morgan fingerprint density at radius 1 is 1.35 bits per heavy atom. The highest BCUT2D eigenvalue weighted by Crippen LogP contribution is 2.23. The molecule has 1 saturated heterocycles. The molecule has 0 radical (unpaired) electrons. The van der Waals surface area contributed by atoms with Gasteiger partial charge in [0.25, 0.3) is 0 Å². The summed E-state index contributed by atoms with van der Waals surface area (Å²) >= 11 is 0. The van der Waals surface area contributed by atoms with Crippen molar-refractivity contribution in [2.75, 3.05) is 6.61 Å². The molecule has 1 aromatic rings. The summed E-state index contributed by atoms with van der Waals surface area (Å²) in [4.78, 5) is 24.9. The fourth-order valence-electron chi connectivity index (χ4n) is 2.16. The lowest BCUT2D eigenvalue weighted by atomic mass is 10.1. The van der Waals surface area contributed by atoms with Crippen LogP contribution in [0.15, 0.2) is 42.8 Å². The number of nitrogens with zero attached hydrogens (tertiary/aromatic N) is 1. The lowest BCUT2D eigenvalue weighted by molar-refractivity contribution is -0.141. The summed E-state index contributed by atoms with van der Waals surface area (Å²) in [5, 5.41) is 0. The summed E-state index contributed by atoms with van der Waals surface area (Å²) in [5.41, 5.74) is 0.878. The fourth-order valence-corrected chi connectivity index (χ4v) is 2.16. The number of carbonyl (C=O) groups excluding carboxylic acids is 2. The lowest BCUT2D eigenvalue weighted by Crippen LogP contribution is -2.48. The first-order valence-electron chi connectivity index (χ1n) is 6.23.